The van der Waals surface area contributed by atoms with Gasteiger partial charge < -0.3 is 9.52 Å². The fraction of sp³-hybridized carbons (Fsp3) is 0.429. The lowest BCUT2D eigenvalue weighted by atomic mass is 10.1. The molecule has 0 amide bonds. The smallest absolute Gasteiger partial charge is 0.247 e. The lowest BCUT2D eigenvalue weighted by molar-refractivity contribution is 0.0625. The normalized spacial score (nSPS) is 20.6. The van der Waals surface area contributed by atoms with Crippen LogP contribution in [0.2, 0.25) is 0 Å². The Kier molecular flexibility index (Phi) is 3.57. The molecule has 1 unspecified atom stereocenters. The third-order valence-electron chi connectivity index (χ3n) is 3.33. The molecule has 2 aromatic rings. The Morgan fingerprint density at radius 2 is 2.11 bits per heavy atom. The number of benzene rings is 1. The number of rotatable bonds is 3. The molecule has 1 aromatic carbocycles. The van der Waals surface area contributed by atoms with Crippen LogP contribution in [0.1, 0.15) is 18.7 Å². The van der Waals surface area contributed by atoms with Crippen molar-refractivity contribution < 1.29 is 9.52 Å². The number of aliphatic hydroxyl groups is 1. The summed E-state index contributed by atoms with van der Waals surface area (Å²) in [4.78, 5) is 2.15. The van der Waals surface area contributed by atoms with E-state index in [1.165, 1.54) is 0 Å². The highest BCUT2D eigenvalue weighted by atomic mass is 16.4. The molecule has 3 rings (SSSR count). The first-order valence-corrected chi connectivity index (χ1v) is 6.59. The van der Waals surface area contributed by atoms with Gasteiger partial charge in [-0.05, 0) is 31.5 Å². The molecule has 5 heteroatoms. The Bertz CT molecular complexity index is 526. The summed E-state index contributed by atoms with van der Waals surface area (Å²) in [7, 11) is 0. The standard InChI is InChI=1S/C14H17N3O2/c18-12-7-4-8-17(9-12)10-13-15-16-14(19-13)11-5-2-1-3-6-11/h1-3,5-6,12,18H,4,7-10H2. The van der Waals surface area contributed by atoms with Gasteiger partial charge in [-0.15, -0.1) is 10.2 Å². The second-order valence-electron chi connectivity index (χ2n) is 4.90. The maximum atomic E-state index is 9.63. The van der Waals surface area contributed by atoms with Crippen molar-refractivity contribution in [2.75, 3.05) is 13.1 Å². The van der Waals surface area contributed by atoms with Crippen molar-refractivity contribution in [2.24, 2.45) is 0 Å². The van der Waals surface area contributed by atoms with Crippen LogP contribution in [0.15, 0.2) is 34.7 Å². The molecule has 1 aromatic heterocycles. The highest BCUT2D eigenvalue weighted by molar-refractivity contribution is 5.51. The Hall–Kier alpha value is -1.72. The quantitative estimate of drug-likeness (QED) is 0.909. The number of aromatic nitrogens is 2. The first-order chi connectivity index (χ1) is 9.31. The van der Waals surface area contributed by atoms with Gasteiger partial charge in [0.15, 0.2) is 0 Å². The molecular weight excluding hydrogens is 242 g/mol. The van der Waals surface area contributed by atoms with Crippen LogP contribution in [0.3, 0.4) is 0 Å². The number of aliphatic hydroxyl groups excluding tert-OH is 1. The summed E-state index contributed by atoms with van der Waals surface area (Å²) >= 11 is 0. The number of likely N-dealkylation sites (tertiary alicyclic amines) is 1. The minimum atomic E-state index is -0.231. The van der Waals surface area contributed by atoms with Gasteiger partial charge in [0, 0.05) is 12.1 Å². The number of β-amino-alcohol motifs (C(OH)–C–C–N with tert-alkyl or cyclic N) is 1. The average molecular weight is 259 g/mol. The fourth-order valence-corrected chi connectivity index (χ4v) is 2.38. The molecule has 1 aliphatic heterocycles. The second kappa shape index (κ2) is 5.50. The predicted molar refractivity (Wildman–Crippen MR) is 70.3 cm³/mol. The highest BCUT2D eigenvalue weighted by Gasteiger charge is 2.19. The minimum absolute atomic E-state index is 0.231. The van der Waals surface area contributed by atoms with E-state index in [0.29, 0.717) is 24.9 Å². The van der Waals surface area contributed by atoms with Gasteiger partial charge in [0.25, 0.3) is 0 Å². The number of hydrogen-bond acceptors (Lipinski definition) is 5. The molecule has 0 aliphatic carbocycles. The Balaban J connectivity index is 1.68. The van der Waals surface area contributed by atoms with Crippen LogP contribution in [0, 0.1) is 0 Å². The Morgan fingerprint density at radius 1 is 1.26 bits per heavy atom. The molecule has 19 heavy (non-hydrogen) atoms. The maximum absolute atomic E-state index is 9.63. The summed E-state index contributed by atoms with van der Waals surface area (Å²) in [6.45, 7) is 2.26. The number of piperidine rings is 1. The predicted octanol–water partition coefficient (Wildman–Crippen LogP) is 1.69. The van der Waals surface area contributed by atoms with Crippen LogP contribution in [-0.4, -0.2) is 39.4 Å². The zero-order valence-electron chi connectivity index (χ0n) is 10.7. The molecule has 0 saturated carbocycles. The molecule has 1 saturated heterocycles. The van der Waals surface area contributed by atoms with Gasteiger partial charge in [-0.3, -0.25) is 4.90 Å². The van der Waals surface area contributed by atoms with E-state index >= 15 is 0 Å². The lowest BCUT2D eigenvalue weighted by Crippen LogP contribution is -2.37. The van der Waals surface area contributed by atoms with Crippen LogP contribution in [0.25, 0.3) is 11.5 Å². The van der Waals surface area contributed by atoms with Crippen molar-refractivity contribution in [1.82, 2.24) is 15.1 Å². The van der Waals surface area contributed by atoms with Crippen LogP contribution < -0.4 is 0 Å². The van der Waals surface area contributed by atoms with Crippen LogP contribution in [0.5, 0.6) is 0 Å². The van der Waals surface area contributed by atoms with E-state index in [9.17, 15) is 5.11 Å². The Labute approximate surface area is 111 Å². The first kappa shape index (κ1) is 12.3. The second-order valence-corrected chi connectivity index (χ2v) is 4.90. The van der Waals surface area contributed by atoms with E-state index in [1.807, 2.05) is 30.3 Å². The minimum Gasteiger partial charge on any atom is -0.419 e. The maximum Gasteiger partial charge on any atom is 0.247 e. The van der Waals surface area contributed by atoms with E-state index in [2.05, 4.69) is 15.1 Å². The largest absolute Gasteiger partial charge is 0.419 e. The molecule has 1 N–H and O–H groups in total. The molecule has 1 fully saturated rings. The summed E-state index contributed by atoms with van der Waals surface area (Å²) in [6.07, 6.45) is 1.67. The molecular formula is C14H17N3O2. The van der Waals surface area contributed by atoms with Crippen molar-refractivity contribution in [3.05, 3.63) is 36.2 Å². The molecule has 100 valence electrons. The summed E-state index contributed by atoms with van der Waals surface area (Å²) < 4.78 is 5.66. The summed E-state index contributed by atoms with van der Waals surface area (Å²) in [5, 5.41) is 17.8. The van der Waals surface area contributed by atoms with Crippen molar-refractivity contribution in [2.45, 2.75) is 25.5 Å². The van der Waals surface area contributed by atoms with Crippen LogP contribution in [0.4, 0.5) is 0 Å². The van der Waals surface area contributed by atoms with Crippen molar-refractivity contribution in [3.8, 4) is 11.5 Å². The van der Waals surface area contributed by atoms with Gasteiger partial charge in [0.2, 0.25) is 11.8 Å². The Morgan fingerprint density at radius 3 is 2.89 bits per heavy atom. The third-order valence-corrected chi connectivity index (χ3v) is 3.33. The highest BCUT2D eigenvalue weighted by Crippen LogP contribution is 2.18. The van der Waals surface area contributed by atoms with E-state index < -0.39 is 0 Å². The molecule has 2 heterocycles. The van der Waals surface area contributed by atoms with Crippen LogP contribution >= 0.6 is 0 Å². The average Bonchev–Trinajstić information content (AvgIpc) is 2.88. The van der Waals surface area contributed by atoms with Crippen molar-refractivity contribution in [3.63, 3.8) is 0 Å². The molecule has 0 bridgehead atoms. The summed E-state index contributed by atoms with van der Waals surface area (Å²) in [6, 6.07) is 9.74. The number of hydrogen-bond donors (Lipinski definition) is 1. The van der Waals surface area contributed by atoms with Crippen molar-refractivity contribution in [1.29, 1.82) is 0 Å². The molecule has 0 spiro atoms. The topological polar surface area (TPSA) is 62.4 Å². The summed E-state index contributed by atoms with van der Waals surface area (Å²) in [5.74, 6) is 1.15. The SMILES string of the molecule is OC1CCCN(Cc2nnc(-c3ccccc3)o2)C1. The van der Waals surface area contributed by atoms with Gasteiger partial charge >= 0.3 is 0 Å². The first-order valence-electron chi connectivity index (χ1n) is 6.59. The number of nitrogens with zero attached hydrogens (tertiary/aromatic N) is 3. The van der Waals surface area contributed by atoms with Crippen molar-refractivity contribution >= 4 is 0 Å². The fourth-order valence-electron chi connectivity index (χ4n) is 2.38. The molecule has 5 nitrogen and oxygen atoms in total. The zero-order valence-corrected chi connectivity index (χ0v) is 10.7. The van der Waals surface area contributed by atoms with E-state index in [-0.39, 0.29) is 6.10 Å². The third kappa shape index (κ3) is 3.00. The molecule has 1 aliphatic rings. The van der Waals surface area contributed by atoms with Gasteiger partial charge in [-0.2, -0.15) is 0 Å². The van der Waals surface area contributed by atoms with Gasteiger partial charge in [0.1, 0.15) is 0 Å². The van der Waals surface area contributed by atoms with E-state index in [4.69, 9.17) is 4.42 Å². The van der Waals surface area contributed by atoms with E-state index in [0.717, 1.165) is 24.9 Å². The monoisotopic (exact) mass is 259 g/mol. The lowest BCUT2D eigenvalue weighted by Gasteiger charge is -2.28. The van der Waals surface area contributed by atoms with Gasteiger partial charge in [-0.1, -0.05) is 18.2 Å². The summed E-state index contributed by atoms with van der Waals surface area (Å²) in [5.41, 5.74) is 0.930. The molecule has 0 radical (unpaired) electrons. The molecule has 1 atom stereocenters. The van der Waals surface area contributed by atoms with Gasteiger partial charge in [0.05, 0.1) is 12.6 Å². The van der Waals surface area contributed by atoms with Gasteiger partial charge in [-0.25, -0.2) is 0 Å². The zero-order chi connectivity index (χ0) is 13.1. The van der Waals surface area contributed by atoms with E-state index in [1.54, 1.807) is 0 Å². The van der Waals surface area contributed by atoms with Crippen LogP contribution in [-0.2, 0) is 6.54 Å².